The molecule has 0 radical (unpaired) electrons. The molecule has 102 valence electrons. The number of carbonyl (C=O) groups excluding carboxylic acids is 1. The van der Waals surface area contributed by atoms with E-state index in [-0.39, 0.29) is 0 Å². The number of fused-ring (bicyclic) bond motifs is 1. The van der Waals surface area contributed by atoms with Crippen LogP contribution in [0.25, 0.3) is 0 Å². The Labute approximate surface area is 129 Å². The van der Waals surface area contributed by atoms with Crippen molar-refractivity contribution in [3.63, 3.8) is 0 Å². The Kier molecular flexibility index (Phi) is 3.22. The number of ether oxygens (including phenoxy) is 1. The molecule has 2 N–H and O–H groups in total. The van der Waals surface area contributed by atoms with Crippen LogP contribution < -0.4 is 10.5 Å². The van der Waals surface area contributed by atoms with Gasteiger partial charge < -0.3 is 10.5 Å². The fraction of sp³-hybridized carbons (Fsp3) is 0.133. The summed E-state index contributed by atoms with van der Waals surface area (Å²) in [5, 5.41) is 0.584. The zero-order valence-corrected chi connectivity index (χ0v) is 12.7. The van der Waals surface area contributed by atoms with Crippen molar-refractivity contribution in [2.24, 2.45) is 5.73 Å². The van der Waals surface area contributed by atoms with Gasteiger partial charge in [0.1, 0.15) is 5.75 Å². The first-order valence-electron chi connectivity index (χ1n) is 6.06. The topological polar surface area (TPSA) is 52.3 Å². The summed E-state index contributed by atoms with van der Waals surface area (Å²) in [6.07, 6.45) is 0.364. The number of amides is 1. The minimum absolute atomic E-state index is 0.364. The molecular formula is C15H11BrClNO2. The highest BCUT2D eigenvalue weighted by atomic mass is 79.9. The third-order valence-corrected chi connectivity index (χ3v) is 4.95. The molecule has 1 atom stereocenters. The van der Waals surface area contributed by atoms with Gasteiger partial charge in [0.2, 0.25) is 5.60 Å². The Hall–Kier alpha value is -1.52. The Bertz CT molecular complexity index is 690. The molecule has 1 aliphatic rings. The number of rotatable bonds is 2. The number of halogens is 2. The number of primary amides is 1. The highest BCUT2D eigenvalue weighted by molar-refractivity contribution is 9.10. The van der Waals surface area contributed by atoms with Crippen molar-refractivity contribution in [2.45, 2.75) is 12.0 Å². The van der Waals surface area contributed by atoms with E-state index in [9.17, 15) is 4.79 Å². The first kappa shape index (κ1) is 13.5. The molecule has 3 rings (SSSR count). The van der Waals surface area contributed by atoms with Crippen LogP contribution in [-0.2, 0) is 16.8 Å². The fourth-order valence-corrected chi connectivity index (χ4v) is 3.10. The Morgan fingerprint density at radius 3 is 2.60 bits per heavy atom. The van der Waals surface area contributed by atoms with Crippen LogP contribution in [0.5, 0.6) is 5.75 Å². The van der Waals surface area contributed by atoms with Gasteiger partial charge in [0.25, 0.3) is 5.91 Å². The molecule has 0 unspecified atom stereocenters. The molecule has 0 fully saturated rings. The highest BCUT2D eigenvalue weighted by Gasteiger charge is 2.47. The van der Waals surface area contributed by atoms with Gasteiger partial charge in [-0.1, -0.05) is 41.9 Å². The lowest BCUT2D eigenvalue weighted by molar-refractivity contribution is -0.132. The van der Waals surface area contributed by atoms with Crippen LogP contribution in [0.4, 0.5) is 0 Å². The molecule has 2 aromatic carbocycles. The zero-order valence-electron chi connectivity index (χ0n) is 10.4. The second kappa shape index (κ2) is 4.79. The second-order valence-corrected chi connectivity index (χ2v) is 5.87. The SMILES string of the molecule is NC(=O)[C@@]1(c2ccccc2)Cc2c(ccc(Cl)c2Br)O1. The maximum Gasteiger partial charge on any atom is 0.266 e. The van der Waals surface area contributed by atoms with E-state index < -0.39 is 11.5 Å². The third kappa shape index (κ3) is 1.91. The summed E-state index contributed by atoms with van der Waals surface area (Å²) < 4.78 is 6.66. The molecular weight excluding hydrogens is 342 g/mol. The van der Waals surface area contributed by atoms with E-state index in [2.05, 4.69) is 15.9 Å². The summed E-state index contributed by atoms with van der Waals surface area (Å²) >= 11 is 9.53. The van der Waals surface area contributed by atoms with E-state index in [1.54, 1.807) is 12.1 Å². The predicted octanol–water partition coefficient (Wildman–Crippen LogP) is 3.42. The number of nitrogens with two attached hydrogens (primary N) is 1. The normalized spacial score (nSPS) is 20.3. The quantitative estimate of drug-likeness (QED) is 0.900. The Morgan fingerprint density at radius 2 is 1.95 bits per heavy atom. The first-order valence-corrected chi connectivity index (χ1v) is 7.23. The molecule has 0 aliphatic carbocycles. The van der Waals surface area contributed by atoms with Gasteiger partial charge in [-0.15, -0.1) is 0 Å². The van der Waals surface area contributed by atoms with Crippen molar-refractivity contribution in [3.8, 4) is 5.75 Å². The maximum atomic E-state index is 12.0. The summed E-state index contributed by atoms with van der Waals surface area (Å²) in [6.45, 7) is 0. The maximum absolute atomic E-state index is 12.0. The minimum atomic E-state index is -1.17. The van der Waals surface area contributed by atoms with E-state index in [1.807, 2.05) is 30.3 Å². The molecule has 0 saturated carbocycles. The lowest BCUT2D eigenvalue weighted by Gasteiger charge is -2.25. The minimum Gasteiger partial charge on any atom is -0.472 e. The Morgan fingerprint density at radius 1 is 1.25 bits per heavy atom. The van der Waals surface area contributed by atoms with Gasteiger partial charge in [-0.25, -0.2) is 0 Å². The molecule has 3 nitrogen and oxygen atoms in total. The first-order chi connectivity index (χ1) is 9.54. The largest absolute Gasteiger partial charge is 0.472 e. The standard InChI is InChI=1S/C15H11BrClNO2/c16-13-10-8-15(14(18)19,9-4-2-1-3-5-9)20-12(10)7-6-11(13)17/h1-7H,8H2,(H2,18,19)/t15-/m0/s1. The van der Waals surface area contributed by atoms with Crippen molar-refractivity contribution >= 4 is 33.4 Å². The smallest absolute Gasteiger partial charge is 0.266 e. The van der Waals surface area contributed by atoms with Gasteiger partial charge in [-0.05, 0) is 28.1 Å². The number of hydrogen-bond donors (Lipinski definition) is 1. The van der Waals surface area contributed by atoms with Crippen molar-refractivity contribution in [2.75, 3.05) is 0 Å². The molecule has 0 aromatic heterocycles. The fourth-order valence-electron chi connectivity index (χ4n) is 2.46. The van der Waals surface area contributed by atoms with Crippen LogP contribution in [-0.4, -0.2) is 5.91 Å². The van der Waals surface area contributed by atoms with Gasteiger partial charge in [0.05, 0.1) is 5.02 Å². The highest BCUT2D eigenvalue weighted by Crippen LogP contribution is 2.46. The van der Waals surface area contributed by atoms with Crippen LogP contribution in [0.3, 0.4) is 0 Å². The summed E-state index contributed by atoms with van der Waals surface area (Å²) in [5.41, 5.74) is 6.05. The molecule has 2 aromatic rings. The van der Waals surface area contributed by atoms with E-state index in [4.69, 9.17) is 22.1 Å². The van der Waals surface area contributed by atoms with Crippen LogP contribution in [0.15, 0.2) is 46.9 Å². The number of hydrogen-bond acceptors (Lipinski definition) is 2. The van der Waals surface area contributed by atoms with Crippen molar-refractivity contribution in [1.29, 1.82) is 0 Å². The predicted molar refractivity (Wildman–Crippen MR) is 80.8 cm³/mol. The summed E-state index contributed by atoms with van der Waals surface area (Å²) in [4.78, 5) is 12.0. The van der Waals surface area contributed by atoms with E-state index in [0.717, 1.165) is 15.6 Å². The van der Waals surface area contributed by atoms with Gasteiger partial charge in [0.15, 0.2) is 0 Å². The third-order valence-electron chi connectivity index (χ3n) is 3.50. The van der Waals surface area contributed by atoms with Crippen LogP contribution in [0.1, 0.15) is 11.1 Å². The van der Waals surface area contributed by atoms with E-state index in [0.29, 0.717) is 17.2 Å². The molecule has 0 bridgehead atoms. The van der Waals surface area contributed by atoms with Crippen molar-refractivity contribution in [1.82, 2.24) is 0 Å². The summed E-state index contributed by atoms with van der Waals surface area (Å²) in [6, 6.07) is 12.8. The van der Waals surface area contributed by atoms with E-state index >= 15 is 0 Å². The summed E-state index contributed by atoms with van der Waals surface area (Å²) in [5.74, 6) is 0.117. The van der Waals surface area contributed by atoms with Crippen LogP contribution >= 0.6 is 27.5 Å². The van der Waals surface area contributed by atoms with E-state index in [1.165, 1.54) is 0 Å². The molecule has 5 heteroatoms. The van der Waals surface area contributed by atoms with Gasteiger partial charge in [0, 0.05) is 22.0 Å². The molecule has 1 aliphatic heterocycles. The average Bonchev–Trinajstić information content (AvgIpc) is 2.86. The number of carbonyl (C=O) groups is 1. The monoisotopic (exact) mass is 351 g/mol. The Balaban J connectivity index is 2.14. The number of benzene rings is 2. The molecule has 20 heavy (non-hydrogen) atoms. The molecule has 0 spiro atoms. The molecule has 1 heterocycles. The summed E-state index contributed by atoms with van der Waals surface area (Å²) in [7, 11) is 0. The van der Waals surface area contributed by atoms with Gasteiger partial charge in [-0.2, -0.15) is 0 Å². The molecule has 0 saturated heterocycles. The second-order valence-electron chi connectivity index (χ2n) is 4.67. The average molecular weight is 353 g/mol. The van der Waals surface area contributed by atoms with Gasteiger partial charge >= 0.3 is 0 Å². The van der Waals surface area contributed by atoms with Gasteiger partial charge in [-0.3, -0.25) is 4.79 Å². The lowest BCUT2D eigenvalue weighted by Crippen LogP contribution is -2.45. The molecule has 1 amide bonds. The van der Waals surface area contributed by atoms with Crippen molar-refractivity contribution in [3.05, 3.63) is 63.1 Å². The van der Waals surface area contributed by atoms with Crippen LogP contribution in [0, 0.1) is 0 Å². The van der Waals surface area contributed by atoms with Crippen LogP contribution in [0.2, 0.25) is 5.02 Å². The van der Waals surface area contributed by atoms with Crippen molar-refractivity contribution < 1.29 is 9.53 Å². The zero-order chi connectivity index (χ0) is 14.3. The lowest BCUT2D eigenvalue weighted by atomic mass is 9.88.